The van der Waals surface area contributed by atoms with Crippen molar-refractivity contribution < 1.29 is 32.2 Å². The molecule has 2 atom stereocenters. The summed E-state index contributed by atoms with van der Waals surface area (Å²) in [7, 11) is 3.10. The molecule has 0 saturated carbocycles. The topological polar surface area (TPSA) is 77.9 Å². The number of ether oxygens (including phenoxy) is 1. The number of carboxylic acids is 1. The minimum absolute atomic E-state index is 0.0434. The van der Waals surface area contributed by atoms with Crippen LogP contribution < -0.4 is 10.1 Å². The number of likely N-dealkylation sites (tertiary alicyclic amines) is 1. The number of halogens is 4. The Morgan fingerprint density at radius 1 is 1.28 bits per heavy atom. The van der Waals surface area contributed by atoms with Crippen LogP contribution in [0.25, 0.3) is 0 Å². The fraction of sp³-hybridized carbons (Fsp3) is 0.571. The van der Waals surface area contributed by atoms with Crippen LogP contribution in [-0.4, -0.2) is 72.2 Å². The molecule has 0 bridgehead atoms. The standard InChI is InChI=1S/C28H36F4N4O3/c1-35(13-5-3-4-8-20-10-9-18-7-6-12-33-26(18)34-20)21-11-14-36(17-21)24(27(37)38)22-15-19(28(30,31)32)16-23(29)25(22)39-2/h9-10,15-16,21,24H,3-8,11-14,17H2,1-2H3,(H,33,34)(H,37,38)/t21-,24+/m1/s1. The normalized spacial score (nSPS) is 18.6. The maximum atomic E-state index is 14.5. The zero-order chi connectivity index (χ0) is 28.2. The number of pyridine rings is 1. The van der Waals surface area contributed by atoms with Crippen molar-refractivity contribution >= 4 is 11.8 Å². The van der Waals surface area contributed by atoms with Crippen molar-refractivity contribution in [2.24, 2.45) is 0 Å². The molecule has 2 aliphatic rings. The van der Waals surface area contributed by atoms with Crippen molar-refractivity contribution in [1.29, 1.82) is 0 Å². The van der Waals surface area contributed by atoms with Gasteiger partial charge < -0.3 is 20.1 Å². The summed E-state index contributed by atoms with van der Waals surface area (Å²) in [5.41, 5.74) is 0.798. The number of likely N-dealkylation sites (N-methyl/N-ethyl adjacent to an activating group) is 1. The lowest BCUT2D eigenvalue weighted by Gasteiger charge is -2.29. The van der Waals surface area contributed by atoms with Crippen molar-refractivity contribution in [2.75, 3.05) is 45.7 Å². The average molecular weight is 553 g/mol. The van der Waals surface area contributed by atoms with Gasteiger partial charge in [-0.25, -0.2) is 9.37 Å². The van der Waals surface area contributed by atoms with Crippen LogP contribution in [0.5, 0.6) is 5.75 Å². The Balaban J connectivity index is 1.31. The molecule has 4 rings (SSSR count). The molecule has 11 heteroatoms. The number of hydrogen-bond donors (Lipinski definition) is 2. The van der Waals surface area contributed by atoms with Gasteiger partial charge in [-0.15, -0.1) is 0 Å². The van der Waals surface area contributed by atoms with Gasteiger partial charge in [0.1, 0.15) is 11.9 Å². The van der Waals surface area contributed by atoms with E-state index in [-0.39, 0.29) is 11.6 Å². The Hall–Kier alpha value is -2.92. The zero-order valence-corrected chi connectivity index (χ0v) is 22.4. The first kappa shape index (κ1) is 29.1. The van der Waals surface area contributed by atoms with Crippen molar-refractivity contribution in [1.82, 2.24) is 14.8 Å². The quantitative estimate of drug-likeness (QED) is 0.295. The van der Waals surface area contributed by atoms with Gasteiger partial charge in [0.05, 0.1) is 12.7 Å². The third-order valence-electron chi connectivity index (χ3n) is 7.71. The first-order chi connectivity index (χ1) is 18.6. The van der Waals surface area contributed by atoms with Gasteiger partial charge in [-0.05, 0) is 75.9 Å². The number of anilines is 1. The molecule has 2 N–H and O–H groups in total. The second-order valence-corrected chi connectivity index (χ2v) is 10.4. The Morgan fingerprint density at radius 2 is 2.08 bits per heavy atom. The number of hydrogen-bond acceptors (Lipinski definition) is 6. The van der Waals surface area contributed by atoms with E-state index in [1.807, 2.05) is 7.05 Å². The molecule has 1 aromatic heterocycles. The second kappa shape index (κ2) is 12.5. The van der Waals surface area contributed by atoms with E-state index in [0.29, 0.717) is 31.6 Å². The highest BCUT2D eigenvalue weighted by atomic mass is 19.4. The maximum Gasteiger partial charge on any atom is 0.416 e. The van der Waals surface area contributed by atoms with Crippen molar-refractivity contribution in [3.05, 3.63) is 52.5 Å². The highest BCUT2D eigenvalue weighted by molar-refractivity contribution is 5.77. The first-order valence-corrected chi connectivity index (χ1v) is 13.4. The number of nitrogens with one attached hydrogen (secondary N) is 1. The van der Waals surface area contributed by atoms with Gasteiger partial charge in [0.25, 0.3) is 0 Å². The third kappa shape index (κ3) is 7.00. The van der Waals surface area contributed by atoms with Gasteiger partial charge in [0, 0.05) is 36.9 Å². The van der Waals surface area contributed by atoms with E-state index in [0.717, 1.165) is 70.2 Å². The number of methoxy groups -OCH3 is 1. The van der Waals surface area contributed by atoms with E-state index < -0.39 is 35.3 Å². The minimum atomic E-state index is -4.81. The van der Waals surface area contributed by atoms with Crippen molar-refractivity contribution in [3.63, 3.8) is 0 Å². The Bertz CT molecular complexity index is 1160. The van der Waals surface area contributed by atoms with Gasteiger partial charge >= 0.3 is 12.1 Å². The highest BCUT2D eigenvalue weighted by Gasteiger charge is 2.40. The van der Waals surface area contributed by atoms with E-state index in [2.05, 4.69) is 22.3 Å². The SMILES string of the molecule is COc1c(F)cc(C(F)(F)F)cc1[C@@H](C(=O)O)N1CC[C@@H](N(C)CCCCCc2ccc3c(n2)NCCC3)C1. The lowest BCUT2D eigenvalue weighted by molar-refractivity contribution is -0.144. The fourth-order valence-corrected chi connectivity index (χ4v) is 5.58. The van der Waals surface area contributed by atoms with Crippen LogP contribution in [0.4, 0.5) is 23.4 Å². The average Bonchev–Trinajstić information content (AvgIpc) is 3.37. The molecule has 39 heavy (non-hydrogen) atoms. The summed E-state index contributed by atoms with van der Waals surface area (Å²) in [6.45, 7) is 2.49. The van der Waals surface area contributed by atoms with Gasteiger partial charge in [-0.1, -0.05) is 12.5 Å². The van der Waals surface area contributed by atoms with Crippen LogP contribution in [0, 0.1) is 5.82 Å². The Labute approximate surface area is 226 Å². The summed E-state index contributed by atoms with van der Waals surface area (Å²) in [4.78, 5) is 20.7. The molecule has 0 spiro atoms. The molecule has 1 aromatic carbocycles. The number of fused-ring (bicyclic) bond motifs is 1. The number of unbranched alkanes of at least 4 members (excludes halogenated alkanes) is 2. The summed E-state index contributed by atoms with van der Waals surface area (Å²) in [5.74, 6) is -2.05. The van der Waals surface area contributed by atoms with Gasteiger partial charge in [0.15, 0.2) is 11.6 Å². The maximum absolute atomic E-state index is 14.5. The van der Waals surface area contributed by atoms with Gasteiger partial charge in [0.2, 0.25) is 0 Å². The molecule has 0 radical (unpaired) electrons. The lowest BCUT2D eigenvalue weighted by Crippen LogP contribution is -2.38. The number of carboxylic acid groups (broad SMARTS) is 1. The fourth-order valence-electron chi connectivity index (χ4n) is 5.58. The number of alkyl halides is 3. The van der Waals surface area contributed by atoms with Crippen LogP contribution in [0.15, 0.2) is 24.3 Å². The van der Waals surface area contributed by atoms with Crippen LogP contribution in [0.2, 0.25) is 0 Å². The molecule has 0 unspecified atom stereocenters. The molecule has 214 valence electrons. The zero-order valence-electron chi connectivity index (χ0n) is 22.4. The summed E-state index contributed by atoms with van der Waals surface area (Å²) in [6.07, 6.45) is 1.95. The molecule has 1 saturated heterocycles. The van der Waals surface area contributed by atoms with Crippen LogP contribution in [-0.2, 0) is 23.8 Å². The molecular formula is C28H36F4N4O3. The number of benzene rings is 1. The van der Waals surface area contributed by atoms with E-state index in [9.17, 15) is 27.5 Å². The van der Waals surface area contributed by atoms with Crippen LogP contribution in [0.3, 0.4) is 0 Å². The molecule has 0 amide bonds. The molecule has 7 nitrogen and oxygen atoms in total. The number of rotatable bonds is 11. The number of aryl methyl sites for hydroxylation is 2. The van der Waals surface area contributed by atoms with Crippen LogP contribution in [0.1, 0.15) is 60.5 Å². The number of carbonyl (C=O) groups is 1. The molecule has 2 aliphatic heterocycles. The molecule has 3 heterocycles. The van der Waals surface area contributed by atoms with Crippen molar-refractivity contribution in [3.8, 4) is 5.75 Å². The minimum Gasteiger partial charge on any atom is -0.493 e. The predicted molar refractivity (Wildman–Crippen MR) is 140 cm³/mol. The van der Waals surface area contributed by atoms with E-state index >= 15 is 0 Å². The Kier molecular flexibility index (Phi) is 9.32. The summed E-state index contributed by atoms with van der Waals surface area (Å²) in [5, 5.41) is 13.3. The molecule has 0 aliphatic carbocycles. The summed E-state index contributed by atoms with van der Waals surface area (Å²) >= 11 is 0. The summed E-state index contributed by atoms with van der Waals surface area (Å²) < 4.78 is 59.5. The van der Waals surface area contributed by atoms with Crippen molar-refractivity contribution in [2.45, 2.75) is 63.2 Å². The largest absolute Gasteiger partial charge is 0.493 e. The summed E-state index contributed by atoms with van der Waals surface area (Å²) in [6, 6.07) is 3.88. The molecular weight excluding hydrogens is 516 g/mol. The lowest BCUT2D eigenvalue weighted by atomic mass is 10.0. The van der Waals surface area contributed by atoms with Gasteiger partial charge in [-0.3, -0.25) is 9.69 Å². The highest BCUT2D eigenvalue weighted by Crippen LogP contribution is 2.39. The second-order valence-electron chi connectivity index (χ2n) is 10.4. The molecule has 1 fully saturated rings. The Morgan fingerprint density at radius 3 is 2.79 bits per heavy atom. The van der Waals surface area contributed by atoms with E-state index in [1.54, 1.807) is 4.90 Å². The van der Waals surface area contributed by atoms with Gasteiger partial charge in [-0.2, -0.15) is 13.2 Å². The number of aromatic nitrogens is 1. The smallest absolute Gasteiger partial charge is 0.416 e. The number of aliphatic carboxylic acids is 1. The predicted octanol–water partition coefficient (Wildman–Crippen LogP) is 5.15. The molecule has 2 aromatic rings. The monoisotopic (exact) mass is 552 g/mol. The van der Waals surface area contributed by atoms with E-state index in [1.165, 1.54) is 5.56 Å². The first-order valence-electron chi connectivity index (χ1n) is 13.4. The van der Waals surface area contributed by atoms with E-state index in [4.69, 9.17) is 9.72 Å². The van der Waals surface area contributed by atoms with Crippen LogP contribution >= 0.6 is 0 Å². The third-order valence-corrected chi connectivity index (χ3v) is 7.71. The number of nitrogens with zero attached hydrogens (tertiary/aromatic N) is 3.